The molecule has 0 saturated carbocycles. The van der Waals surface area contributed by atoms with Crippen LogP contribution in [0.5, 0.6) is 5.75 Å². The van der Waals surface area contributed by atoms with E-state index in [0.29, 0.717) is 0 Å². The number of unbranched alkanes of at least 4 members (excludes halogenated alkanes) is 3. The van der Waals surface area contributed by atoms with Crippen molar-refractivity contribution >= 4 is 38.6 Å². The Labute approximate surface area is 174 Å². The van der Waals surface area contributed by atoms with Gasteiger partial charge in [-0.2, -0.15) is 0 Å². The number of pyridine rings is 1. The molecule has 4 heteroatoms. The first kappa shape index (κ1) is 21.5. The maximum absolute atomic E-state index is 5.39. The molecule has 1 aromatic carbocycles. The molecule has 0 saturated heterocycles. The molecule has 2 heterocycles. The Hall–Kier alpha value is -1.23. The van der Waals surface area contributed by atoms with E-state index in [1.54, 1.807) is 10.7 Å². The van der Waals surface area contributed by atoms with Crippen molar-refractivity contribution in [3.63, 3.8) is 0 Å². The molecular weight excluding hydrogens is 451 g/mol. The van der Waals surface area contributed by atoms with Crippen molar-refractivity contribution in [3.05, 3.63) is 36.5 Å². The molecule has 0 fully saturated rings. The van der Waals surface area contributed by atoms with Crippen LogP contribution in [0.25, 0.3) is 16.7 Å². The molecule has 0 spiro atoms. The zero-order chi connectivity index (χ0) is 20.0. The van der Waals surface area contributed by atoms with Gasteiger partial charge in [-0.05, 0) is 0 Å². The normalized spacial score (nSPS) is 12.1. The van der Waals surface area contributed by atoms with Gasteiger partial charge in [0.2, 0.25) is 0 Å². The minimum absolute atomic E-state index is 0.874. The maximum atomic E-state index is 5.39. The Kier molecular flexibility index (Phi) is 7.67. The standard InChI is InChI=1S/C12H9N2O.3C4H9.Sn/c1-15-9-5-6-11-10(8-9)13-12-4-2-3-7-14(11)12;3*1-3-4-2;/h3-8H,1H3;3*1,3-4H2,2H3;. The molecule has 0 aliphatic carbocycles. The van der Waals surface area contributed by atoms with E-state index in [-0.39, 0.29) is 0 Å². The SMILES string of the molecule is CCC[CH2][Sn]([CH2]CCC)([CH2]CCC)[c]1ccn2c(c1)nc1cc(OC)ccc12. The molecule has 0 radical (unpaired) electrons. The summed E-state index contributed by atoms with van der Waals surface area (Å²) >= 11 is -2.41. The minimum atomic E-state index is -2.41. The number of imidazole rings is 1. The van der Waals surface area contributed by atoms with E-state index in [9.17, 15) is 0 Å². The van der Waals surface area contributed by atoms with Crippen LogP contribution in [-0.4, -0.2) is 34.9 Å². The second-order valence-corrected chi connectivity index (χ2v) is 21.4. The average Bonchev–Trinajstić information content (AvgIpc) is 3.10. The van der Waals surface area contributed by atoms with Gasteiger partial charge in [-0.3, -0.25) is 0 Å². The molecule has 3 aromatic rings. The number of fused-ring (bicyclic) bond motifs is 3. The van der Waals surface area contributed by atoms with Gasteiger partial charge in [-0.1, -0.05) is 0 Å². The van der Waals surface area contributed by atoms with Gasteiger partial charge in [-0.25, -0.2) is 0 Å². The fourth-order valence-electron chi connectivity index (χ4n) is 4.51. The summed E-state index contributed by atoms with van der Waals surface area (Å²) in [5, 5.41) is 0. The van der Waals surface area contributed by atoms with Gasteiger partial charge in [0.25, 0.3) is 0 Å². The van der Waals surface area contributed by atoms with E-state index in [2.05, 4.69) is 49.6 Å². The molecule has 152 valence electrons. The average molecular weight is 487 g/mol. The van der Waals surface area contributed by atoms with Crippen molar-refractivity contribution in [2.24, 2.45) is 0 Å². The summed E-state index contributed by atoms with van der Waals surface area (Å²) < 4.78 is 13.8. The first-order valence-corrected chi connectivity index (χ1v) is 18.6. The van der Waals surface area contributed by atoms with Crippen LogP contribution in [0, 0.1) is 0 Å². The molecule has 28 heavy (non-hydrogen) atoms. The fraction of sp³-hybridized carbons (Fsp3) is 0.542. The van der Waals surface area contributed by atoms with Crippen molar-refractivity contribution in [2.45, 2.75) is 72.6 Å². The zero-order valence-corrected chi connectivity index (χ0v) is 21.0. The summed E-state index contributed by atoms with van der Waals surface area (Å²) in [7, 11) is 1.72. The number of benzene rings is 1. The summed E-state index contributed by atoms with van der Waals surface area (Å²) in [6.45, 7) is 7.02. The number of methoxy groups -OCH3 is 1. The van der Waals surface area contributed by atoms with E-state index in [1.165, 1.54) is 57.4 Å². The molecule has 0 aliphatic heterocycles. The molecule has 0 aliphatic rings. The number of hydrogen-bond acceptors (Lipinski definition) is 2. The van der Waals surface area contributed by atoms with E-state index in [4.69, 9.17) is 9.72 Å². The third kappa shape index (κ3) is 4.50. The molecule has 0 atom stereocenters. The number of ether oxygens (including phenoxy) is 1. The quantitative estimate of drug-likeness (QED) is 0.287. The van der Waals surface area contributed by atoms with E-state index in [0.717, 1.165) is 16.9 Å². The van der Waals surface area contributed by atoms with Gasteiger partial charge >= 0.3 is 175 Å². The van der Waals surface area contributed by atoms with Gasteiger partial charge in [0, 0.05) is 0 Å². The Morgan fingerprint density at radius 1 is 0.893 bits per heavy atom. The molecule has 2 aromatic heterocycles. The predicted molar refractivity (Wildman–Crippen MR) is 124 cm³/mol. The van der Waals surface area contributed by atoms with Crippen molar-refractivity contribution in [1.82, 2.24) is 9.38 Å². The van der Waals surface area contributed by atoms with Gasteiger partial charge in [0.05, 0.1) is 0 Å². The summed E-state index contributed by atoms with van der Waals surface area (Å²) in [6, 6.07) is 11.1. The molecule has 3 nitrogen and oxygen atoms in total. The second-order valence-electron chi connectivity index (χ2n) is 8.20. The predicted octanol–water partition coefficient (Wildman–Crippen LogP) is 6.55. The van der Waals surface area contributed by atoms with Crippen LogP contribution in [0.4, 0.5) is 0 Å². The van der Waals surface area contributed by atoms with Crippen LogP contribution in [0.2, 0.25) is 13.3 Å². The van der Waals surface area contributed by atoms with Crippen LogP contribution in [0.3, 0.4) is 0 Å². The van der Waals surface area contributed by atoms with Crippen molar-refractivity contribution in [2.75, 3.05) is 7.11 Å². The van der Waals surface area contributed by atoms with Crippen LogP contribution in [0.15, 0.2) is 36.5 Å². The molecule has 0 unspecified atom stereocenters. The molecule has 3 rings (SSSR count). The van der Waals surface area contributed by atoms with Crippen LogP contribution < -0.4 is 8.32 Å². The third-order valence-corrected chi connectivity index (χ3v) is 21.9. The van der Waals surface area contributed by atoms with E-state index < -0.39 is 18.4 Å². The first-order chi connectivity index (χ1) is 13.7. The summed E-state index contributed by atoms with van der Waals surface area (Å²) in [6.07, 6.45) is 10.4. The molecular formula is C24H36N2OSn. The molecule has 0 bridgehead atoms. The second kappa shape index (κ2) is 10.00. The summed E-state index contributed by atoms with van der Waals surface area (Å²) in [5.41, 5.74) is 3.29. The van der Waals surface area contributed by atoms with Gasteiger partial charge in [0.1, 0.15) is 0 Å². The summed E-state index contributed by atoms with van der Waals surface area (Å²) in [4.78, 5) is 4.96. The Balaban J connectivity index is 2.07. The number of hydrogen-bond donors (Lipinski definition) is 0. The Bertz CT molecular complexity index is 880. The van der Waals surface area contributed by atoms with E-state index >= 15 is 0 Å². The molecule has 0 N–H and O–H groups in total. The fourth-order valence-corrected chi connectivity index (χ4v) is 20.4. The monoisotopic (exact) mass is 488 g/mol. The van der Waals surface area contributed by atoms with Crippen LogP contribution >= 0.6 is 0 Å². The zero-order valence-electron chi connectivity index (χ0n) is 18.1. The van der Waals surface area contributed by atoms with Crippen LogP contribution in [0.1, 0.15) is 59.3 Å². The number of nitrogens with zero attached hydrogens (tertiary/aromatic N) is 2. The topological polar surface area (TPSA) is 26.5 Å². The Morgan fingerprint density at radius 2 is 1.54 bits per heavy atom. The van der Waals surface area contributed by atoms with Gasteiger partial charge in [-0.15, -0.1) is 0 Å². The van der Waals surface area contributed by atoms with Gasteiger partial charge < -0.3 is 0 Å². The first-order valence-electron chi connectivity index (χ1n) is 11.1. The molecule has 0 amide bonds. The van der Waals surface area contributed by atoms with Gasteiger partial charge in [0.15, 0.2) is 0 Å². The van der Waals surface area contributed by atoms with Crippen molar-refractivity contribution in [3.8, 4) is 5.75 Å². The number of rotatable bonds is 11. The Morgan fingerprint density at radius 3 is 2.11 bits per heavy atom. The van der Waals surface area contributed by atoms with Crippen molar-refractivity contribution in [1.29, 1.82) is 0 Å². The van der Waals surface area contributed by atoms with E-state index in [1.807, 2.05) is 12.1 Å². The van der Waals surface area contributed by atoms with Crippen LogP contribution in [-0.2, 0) is 0 Å². The van der Waals surface area contributed by atoms with Crippen molar-refractivity contribution < 1.29 is 4.74 Å². The summed E-state index contributed by atoms with van der Waals surface area (Å²) in [5.74, 6) is 0.874. The third-order valence-electron chi connectivity index (χ3n) is 6.25. The number of aromatic nitrogens is 2.